The van der Waals surface area contributed by atoms with E-state index in [0.29, 0.717) is 13.0 Å². The van der Waals surface area contributed by atoms with E-state index in [1.54, 1.807) is 11.3 Å². The summed E-state index contributed by atoms with van der Waals surface area (Å²) in [5.41, 5.74) is 0. The molecule has 72 valence electrons. The molecular weight excluding hydrogens is 184 g/mol. The van der Waals surface area contributed by atoms with Crippen molar-refractivity contribution < 1.29 is 9.53 Å². The van der Waals surface area contributed by atoms with Gasteiger partial charge in [0.2, 0.25) is 0 Å². The second-order valence-corrected chi connectivity index (χ2v) is 3.96. The van der Waals surface area contributed by atoms with E-state index < -0.39 is 0 Å². The number of hydrogen-bond acceptors (Lipinski definition) is 3. The van der Waals surface area contributed by atoms with Gasteiger partial charge in [-0.3, -0.25) is 4.79 Å². The van der Waals surface area contributed by atoms with Crippen molar-refractivity contribution in [2.24, 2.45) is 0 Å². The second kappa shape index (κ2) is 5.02. The SMILES string of the molecule is CCOC(=O)Cc1ccc(CC)s1. The van der Waals surface area contributed by atoms with Gasteiger partial charge in [0.25, 0.3) is 0 Å². The lowest BCUT2D eigenvalue weighted by Gasteiger charge is -1.98. The molecule has 13 heavy (non-hydrogen) atoms. The largest absolute Gasteiger partial charge is 0.466 e. The van der Waals surface area contributed by atoms with Crippen molar-refractivity contribution in [3.05, 3.63) is 21.9 Å². The van der Waals surface area contributed by atoms with E-state index in [2.05, 4.69) is 13.0 Å². The van der Waals surface area contributed by atoms with Crippen molar-refractivity contribution in [3.8, 4) is 0 Å². The Kier molecular flexibility index (Phi) is 3.96. The average Bonchev–Trinajstić information content (AvgIpc) is 2.52. The van der Waals surface area contributed by atoms with Crippen LogP contribution in [0.4, 0.5) is 0 Å². The van der Waals surface area contributed by atoms with Crippen molar-refractivity contribution in [3.63, 3.8) is 0 Å². The molecule has 3 heteroatoms. The van der Waals surface area contributed by atoms with E-state index in [0.717, 1.165) is 11.3 Å². The van der Waals surface area contributed by atoms with E-state index in [9.17, 15) is 4.79 Å². The molecule has 1 rings (SSSR count). The normalized spacial score (nSPS) is 10.0. The van der Waals surface area contributed by atoms with E-state index in [1.807, 2.05) is 13.0 Å². The third kappa shape index (κ3) is 3.19. The lowest BCUT2D eigenvalue weighted by atomic mass is 10.3. The smallest absolute Gasteiger partial charge is 0.311 e. The molecule has 0 radical (unpaired) electrons. The highest BCUT2D eigenvalue weighted by Crippen LogP contribution is 2.17. The Morgan fingerprint density at radius 3 is 2.62 bits per heavy atom. The van der Waals surface area contributed by atoms with Gasteiger partial charge < -0.3 is 4.74 Å². The molecule has 0 aliphatic heterocycles. The molecule has 2 nitrogen and oxygen atoms in total. The van der Waals surface area contributed by atoms with Crippen molar-refractivity contribution in [1.82, 2.24) is 0 Å². The van der Waals surface area contributed by atoms with Gasteiger partial charge in [0.05, 0.1) is 13.0 Å². The van der Waals surface area contributed by atoms with E-state index in [4.69, 9.17) is 4.74 Å². The fourth-order valence-corrected chi connectivity index (χ4v) is 2.00. The first kappa shape index (κ1) is 10.3. The molecule has 0 amide bonds. The first-order valence-electron chi connectivity index (χ1n) is 4.49. The molecule has 0 bridgehead atoms. The number of thiophene rings is 1. The molecule has 1 aromatic heterocycles. The number of hydrogen-bond donors (Lipinski definition) is 0. The molecule has 1 aromatic rings. The Hall–Kier alpha value is -0.830. The van der Waals surface area contributed by atoms with Gasteiger partial charge in [-0.15, -0.1) is 11.3 Å². The second-order valence-electron chi connectivity index (χ2n) is 2.70. The Morgan fingerprint density at radius 1 is 1.38 bits per heavy atom. The summed E-state index contributed by atoms with van der Waals surface area (Å²) < 4.78 is 4.86. The predicted molar refractivity (Wildman–Crippen MR) is 54.0 cm³/mol. The monoisotopic (exact) mass is 198 g/mol. The number of carbonyl (C=O) groups is 1. The fourth-order valence-electron chi connectivity index (χ4n) is 1.06. The molecule has 0 aliphatic carbocycles. The third-order valence-corrected chi connectivity index (χ3v) is 2.92. The summed E-state index contributed by atoms with van der Waals surface area (Å²) in [6.45, 7) is 4.40. The quantitative estimate of drug-likeness (QED) is 0.694. The van der Waals surface area contributed by atoms with Crippen LogP contribution in [0.2, 0.25) is 0 Å². The molecule has 0 saturated carbocycles. The maximum atomic E-state index is 11.1. The Labute approximate surface area is 82.5 Å². The summed E-state index contributed by atoms with van der Waals surface area (Å²) in [7, 11) is 0. The summed E-state index contributed by atoms with van der Waals surface area (Å²) in [4.78, 5) is 13.5. The number of ether oxygens (including phenoxy) is 1. The molecule has 0 atom stereocenters. The number of aryl methyl sites for hydroxylation is 1. The molecule has 0 spiro atoms. The fraction of sp³-hybridized carbons (Fsp3) is 0.500. The van der Waals surface area contributed by atoms with Gasteiger partial charge in [-0.1, -0.05) is 6.92 Å². The zero-order valence-corrected chi connectivity index (χ0v) is 8.82. The first-order chi connectivity index (χ1) is 6.26. The van der Waals surface area contributed by atoms with Crippen LogP contribution in [0.3, 0.4) is 0 Å². The molecule has 0 fully saturated rings. The number of rotatable bonds is 4. The van der Waals surface area contributed by atoms with Crippen LogP contribution >= 0.6 is 11.3 Å². The highest BCUT2D eigenvalue weighted by atomic mass is 32.1. The van der Waals surface area contributed by atoms with Crippen LogP contribution in [0.15, 0.2) is 12.1 Å². The Bertz CT molecular complexity index is 278. The van der Waals surface area contributed by atoms with Gasteiger partial charge in [0.1, 0.15) is 0 Å². The van der Waals surface area contributed by atoms with Gasteiger partial charge in [-0.05, 0) is 25.5 Å². The van der Waals surface area contributed by atoms with Crippen molar-refractivity contribution in [1.29, 1.82) is 0 Å². The summed E-state index contributed by atoms with van der Waals surface area (Å²) in [6, 6.07) is 4.07. The van der Waals surface area contributed by atoms with Gasteiger partial charge in [0.15, 0.2) is 0 Å². The average molecular weight is 198 g/mol. The van der Waals surface area contributed by atoms with Crippen molar-refractivity contribution in [2.45, 2.75) is 26.7 Å². The topological polar surface area (TPSA) is 26.3 Å². The van der Waals surface area contributed by atoms with Gasteiger partial charge in [0, 0.05) is 9.75 Å². The summed E-state index contributed by atoms with van der Waals surface area (Å²) in [6.07, 6.45) is 1.45. The van der Waals surface area contributed by atoms with Crippen LogP contribution in [0.5, 0.6) is 0 Å². The van der Waals surface area contributed by atoms with Crippen LogP contribution in [0.1, 0.15) is 23.6 Å². The van der Waals surface area contributed by atoms with E-state index >= 15 is 0 Å². The maximum absolute atomic E-state index is 11.1. The zero-order chi connectivity index (χ0) is 9.68. The van der Waals surface area contributed by atoms with Gasteiger partial charge in [-0.2, -0.15) is 0 Å². The Balaban J connectivity index is 2.49. The lowest BCUT2D eigenvalue weighted by molar-refractivity contribution is -0.142. The van der Waals surface area contributed by atoms with Crippen LogP contribution in [-0.2, 0) is 22.4 Å². The summed E-state index contributed by atoms with van der Waals surface area (Å²) in [5.74, 6) is -0.132. The molecule has 0 saturated heterocycles. The highest BCUT2D eigenvalue weighted by Gasteiger charge is 2.05. The predicted octanol–water partition coefficient (Wildman–Crippen LogP) is 2.42. The van der Waals surface area contributed by atoms with Crippen LogP contribution in [0, 0.1) is 0 Å². The maximum Gasteiger partial charge on any atom is 0.311 e. The standard InChI is InChI=1S/C10H14O2S/c1-3-8-5-6-9(13-8)7-10(11)12-4-2/h5-6H,3-4,7H2,1-2H3. The van der Waals surface area contributed by atoms with Gasteiger partial charge in [-0.25, -0.2) is 0 Å². The molecule has 0 aliphatic rings. The minimum atomic E-state index is -0.132. The minimum absolute atomic E-state index is 0.132. The van der Waals surface area contributed by atoms with Crippen LogP contribution in [-0.4, -0.2) is 12.6 Å². The van der Waals surface area contributed by atoms with E-state index in [-0.39, 0.29) is 5.97 Å². The Morgan fingerprint density at radius 2 is 2.08 bits per heavy atom. The van der Waals surface area contributed by atoms with Crippen LogP contribution < -0.4 is 0 Å². The molecule has 0 N–H and O–H groups in total. The lowest BCUT2D eigenvalue weighted by Crippen LogP contribution is -2.06. The third-order valence-electron chi connectivity index (χ3n) is 1.69. The van der Waals surface area contributed by atoms with Crippen LogP contribution in [0.25, 0.3) is 0 Å². The highest BCUT2D eigenvalue weighted by molar-refractivity contribution is 7.12. The van der Waals surface area contributed by atoms with Gasteiger partial charge >= 0.3 is 5.97 Å². The molecule has 0 aromatic carbocycles. The summed E-state index contributed by atoms with van der Waals surface area (Å²) in [5, 5.41) is 0. The van der Waals surface area contributed by atoms with E-state index in [1.165, 1.54) is 4.88 Å². The number of carbonyl (C=O) groups excluding carboxylic acids is 1. The minimum Gasteiger partial charge on any atom is -0.466 e. The number of esters is 1. The molecule has 0 unspecified atom stereocenters. The summed E-state index contributed by atoms with van der Waals surface area (Å²) >= 11 is 1.69. The molecular formula is C10H14O2S. The van der Waals surface area contributed by atoms with Crippen molar-refractivity contribution >= 4 is 17.3 Å². The first-order valence-corrected chi connectivity index (χ1v) is 5.31. The zero-order valence-electron chi connectivity index (χ0n) is 8.00. The van der Waals surface area contributed by atoms with Crippen molar-refractivity contribution in [2.75, 3.05) is 6.61 Å². The molecule has 1 heterocycles.